The molecule has 0 aliphatic rings. The van der Waals surface area contributed by atoms with Gasteiger partial charge in [0.2, 0.25) is 5.88 Å². The Labute approximate surface area is 169 Å². The first-order valence-corrected chi connectivity index (χ1v) is 8.75. The van der Waals surface area contributed by atoms with Gasteiger partial charge in [0.25, 0.3) is 0 Å². The van der Waals surface area contributed by atoms with E-state index in [1.807, 2.05) is 26.0 Å². The van der Waals surface area contributed by atoms with E-state index in [0.29, 0.717) is 24.9 Å². The third-order valence-electron chi connectivity index (χ3n) is 3.65. The van der Waals surface area contributed by atoms with Gasteiger partial charge < -0.3 is 20.1 Å². The summed E-state index contributed by atoms with van der Waals surface area (Å²) in [5, 5.41) is 6.63. The monoisotopic (exact) mass is 464 g/mol. The van der Waals surface area contributed by atoms with Crippen molar-refractivity contribution >= 4 is 29.9 Å². The number of halogens is 1. The molecule has 0 bridgehead atoms. The number of hydrogen-bond donors (Lipinski definition) is 2. The fraction of sp³-hybridized carbons (Fsp3) is 0.667. The summed E-state index contributed by atoms with van der Waals surface area (Å²) >= 11 is 0. The van der Waals surface area contributed by atoms with Crippen LogP contribution < -0.4 is 15.4 Å². The van der Waals surface area contributed by atoms with Crippen LogP contribution >= 0.6 is 24.0 Å². The van der Waals surface area contributed by atoms with E-state index in [4.69, 9.17) is 9.47 Å². The Hall–Kier alpha value is -1.09. The zero-order valence-electron chi connectivity index (χ0n) is 16.0. The first kappa shape index (κ1) is 23.9. The van der Waals surface area contributed by atoms with Crippen molar-refractivity contribution in [1.82, 2.24) is 15.6 Å². The lowest BCUT2D eigenvalue weighted by molar-refractivity contribution is 0.0258. The van der Waals surface area contributed by atoms with Crippen LogP contribution in [0.2, 0.25) is 0 Å². The van der Waals surface area contributed by atoms with Crippen molar-refractivity contribution in [3.63, 3.8) is 0 Å². The van der Waals surface area contributed by atoms with E-state index in [1.54, 1.807) is 13.2 Å². The average molecular weight is 464 g/mol. The van der Waals surface area contributed by atoms with Crippen molar-refractivity contribution in [2.45, 2.75) is 46.8 Å². The molecule has 1 heterocycles. The molecule has 1 atom stereocenters. The molecule has 25 heavy (non-hydrogen) atoms. The number of aliphatic imine (C=N–C) groups is 1. The van der Waals surface area contributed by atoms with E-state index in [2.05, 4.69) is 34.5 Å². The molecule has 0 aliphatic carbocycles. The second-order valence-corrected chi connectivity index (χ2v) is 5.78. The summed E-state index contributed by atoms with van der Waals surface area (Å²) in [6.07, 6.45) is 2.95. The molecule has 6 nitrogen and oxygen atoms in total. The van der Waals surface area contributed by atoms with Crippen molar-refractivity contribution in [2.24, 2.45) is 10.9 Å². The summed E-state index contributed by atoms with van der Waals surface area (Å²) in [6.45, 7) is 11.1. The Morgan fingerprint density at radius 1 is 1.24 bits per heavy atom. The van der Waals surface area contributed by atoms with Crippen molar-refractivity contribution < 1.29 is 9.47 Å². The number of hydrogen-bond acceptors (Lipinski definition) is 4. The zero-order valence-corrected chi connectivity index (χ0v) is 18.4. The van der Waals surface area contributed by atoms with Gasteiger partial charge in [0.15, 0.2) is 5.96 Å². The topological polar surface area (TPSA) is 67.8 Å². The summed E-state index contributed by atoms with van der Waals surface area (Å²) in [6, 6.07) is 3.91. The van der Waals surface area contributed by atoms with Gasteiger partial charge in [-0.05, 0) is 32.3 Å². The molecule has 0 radical (unpaired) electrons. The fourth-order valence-corrected chi connectivity index (χ4v) is 2.38. The van der Waals surface area contributed by atoms with Crippen LogP contribution in [0.5, 0.6) is 5.88 Å². The standard InChI is InChI=1S/C18H32N4O2.HI/c1-6-23-16(14(3)4)10-12-21-18(19-5)22-13-15-9-8-11-20-17(15)24-7-2;/h8-9,11,14,16H,6-7,10,12-13H2,1-5H3,(H2,19,21,22);1H. The number of nitrogens with zero attached hydrogens (tertiary/aromatic N) is 2. The Morgan fingerprint density at radius 3 is 2.60 bits per heavy atom. The van der Waals surface area contributed by atoms with Crippen molar-refractivity contribution in [3.05, 3.63) is 23.9 Å². The fourth-order valence-electron chi connectivity index (χ4n) is 2.38. The third-order valence-corrected chi connectivity index (χ3v) is 3.65. The van der Waals surface area contributed by atoms with Crippen molar-refractivity contribution in [1.29, 1.82) is 0 Å². The molecule has 1 aromatic heterocycles. The molecule has 0 spiro atoms. The van der Waals surface area contributed by atoms with Crippen molar-refractivity contribution in [2.75, 3.05) is 26.8 Å². The molecule has 1 unspecified atom stereocenters. The van der Waals surface area contributed by atoms with Crippen LogP contribution in [0.15, 0.2) is 23.3 Å². The quantitative estimate of drug-likeness (QED) is 0.316. The van der Waals surface area contributed by atoms with E-state index in [1.165, 1.54) is 0 Å². The third kappa shape index (κ3) is 9.25. The summed E-state index contributed by atoms with van der Waals surface area (Å²) in [5.74, 6) is 1.94. The molecule has 1 aromatic rings. The van der Waals surface area contributed by atoms with Crippen LogP contribution in [0.3, 0.4) is 0 Å². The Balaban J connectivity index is 0.00000576. The summed E-state index contributed by atoms with van der Waals surface area (Å²) in [5.41, 5.74) is 1.01. The summed E-state index contributed by atoms with van der Waals surface area (Å²) in [7, 11) is 1.77. The number of guanidine groups is 1. The number of ether oxygens (including phenoxy) is 2. The Morgan fingerprint density at radius 2 is 2.00 bits per heavy atom. The Bertz CT molecular complexity index is 498. The smallest absolute Gasteiger partial charge is 0.218 e. The maximum Gasteiger partial charge on any atom is 0.218 e. The van der Waals surface area contributed by atoms with E-state index in [0.717, 1.165) is 31.1 Å². The van der Waals surface area contributed by atoms with Gasteiger partial charge in [-0.25, -0.2) is 4.98 Å². The van der Waals surface area contributed by atoms with Crippen molar-refractivity contribution in [3.8, 4) is 5.88 Å². The van der Waals surface area contributed by atoms with E-state index >= 15 is 0 Å². The normalized spacial score (nSPS) is 12.5. The molecule has 0 aromatic carbocycles. The van der Waals surface area contributed by atoms with Gasteiger partial charge in [0.1, 0.15) is 0 Å². The van der Waals surface area contributed by atoms with Crippen LogP contribution in [0.25, 0.3) is 0 Å². The molecule has 7 heteroatoms. The van der Waals surface area contributed by atoms with Crippen LogP contribution in [0.4, 0.5) is 0 Å². The minimum Gasteiger partial charge on any atom is -0.478 e. The minimum absolute atomic E-state index is 0. The molecule has 144 valence electrons. The molecule has 0 aliphatic heterocycles. The molecule has 0 saturated carbocycles. The zero-order chi connectivity index (χ0) is 17.8. The first-order valence-electron chi connectivity index (χ1n) is 8.75. The molecule has 0 saturated heterocycles. The highest BCUT2D eigenvalue weighted by atomic mass is 127. The van der Waals surface area contributed by atoms with E-state index in [9.17, 15) is 0 Å². The molecule has 1 rings (SSSR count). The van der Waals surface area contributed by atoms with E-state index < -0.39 is 0 Å². The molecular weight excluding hydrogens is 431 g/mol. The maximum absolute atomic E-state index is 5.77. The molecule has 0 amide bonds. The lowest BCUT2D eigenvalue weighted by Gasteiger charge is -2.21. The maximum atomic E-state index is 5.77. The minimum atomic E-state index is 0. The second kappa shape index (κ2) is 14.1. The van der Waals surface area contributed by atoms with Gasteiger partial charge in [-0.1, -0.05) is 19.9 Å². The van der Waals surface area contributed by atoms with Gasteiger partial charge in [0, 0.05) is 38.5 Å². The largest absolute Gasteiger partial charge is 0.478 e. The number of aromatic nitrogens is 1. The molecule has 0 fully saturated rings. The molecular formula is C18H33IN4O2. The van der Waals surface area contributed by atoms with Crippen LogP contribution in [0.1, 0.15) is 39.7 Å². The SMILES string of the molecule is CCOc1ncccc1CNC(=NC)NCCC(OCC)C(C)C.I. The first-order chi connectivity index (χ1) is 11.6. The highest BCUT2D eigenvalue weighted by Crippen LogP contribution is 2.13. The van der Waals surface area contributed by atoms with Gasteiger partial charge in [-0.3, -0.25) is 4.99 Å². The second-order valence-electron chi connectivity index (χ2n) is 5.78. The summed E-state index contributed by atoms with van der Waals surface area (Å²) < 4.78 is 11.3. The predicted octanol–water partition coefficient (Wildman–Crippen LogP) is 3.21. The number of nitrogens with one attached hydrogen (secondary N) is 2. The average Bonchev–Trinajstić information content (AvgIpc) is 2.58. The highest BCUT2D eigenvalue weighted by molar-refractivity contribution is 14.0. The van der Waals surface area contributed by atoms with Gasteiger partial charge >= 0.3 is 0 Å². The lowest BCUT2D eigenvalue weighted by Crippen LogP contribution is -2.39. The summed E-state index contributed by atoms with van der Waals surface area (Å²) in [4.78, 5) is 8.52. The lowest BCUT2D eigenvalue weighted by atomic mass is 10.0. The van der Waals surface area contributed by atoms with Gasteiger partial charge in [-0.2, -0.15) is 0 Å². The van der Waals surface area contributed by atoms with Gasteiger partial charge in [-0.15, -0.1) is 24.0 Å². The van der Waals surface area contributed by atoms with Crippen LogP contribution in [0, 0.1) is 5.92 Å². The van der Waals surface area contributed by atoms with Crippen LogP contribution in [-0.4, -0.2) is 43.9 Å². The Kier molecular flexibility index (Phi) is 13.5. The highest BCUT2D eigenvalue weighted by Gasteiger charge is 2.13. The molecule has 2 N–H and O–H groups in total. The van der Waals surface area contributed by atoms with Crippen LogP contribution in [-0.2, 0) is 11.3 Å². The predicted molar refractivity (Wildman–Crippen MR) is 114 cm³/mol. The van der Waals surface area contributed by atoms with E-state index in [-0.39, 0.29) is 30.1 Å². The number of rotatable bonds is 10. The van der Waals surface area contributed by atoms with Gasteiger partial charge in [0.05, 0.1) is 12.7 Å². The number of pyridine rings is 1.